The molecule has 1 aromatic heterocycles. The minimum atomic E-state index is -4.15. The summed E-state index contributed by atoms with van der Waals surface area (Å²) < 4.78 is 39.7. The summed E-state index contributed by atoms with van der Waals surface area (Å²) >= 11 is 0. The van der Waals surface area contributed by atoms with Gasteiger partial charge in [0.05, 0.1) is 10.5 Å². The summed E-state index contributed by atoms with van der Waals surface area (Å²) in [5, 5.41) is 0.735. The van der Waals surface area contributed by atoms with Gasteiger partial charge in [-0.05, 0) is 18.6 Å². The van der Waals surface area contributed by atoms with E-state index in [1.54, 1.807) is 30.3 Å². The number of unbranched alkanes of at least 4 members (excludes halogenated alkanes) is 1. The molecule has 100 valence electrons. The van der Waals surface area contributed by atoms with Gasteiger partial charge < -0.3 is 4.70 Å². The Hall–Kier alpha value is -1.10. The van der Waals surface area contributed by atoms with Gasteiger partial charge in [0.1, 0.15) is 0 Å². The number of alkyl halides is 3. The van der Waals surface area contributed by atoms with Gasteiger partial charge in [0.2, 0.25) is 0 Å². The van der Waals surface area contributed by atoms with Gasteiger partial charge in [-0.15, -0.1) is 13.2 Å². The Balaban J connectivity index is 0.00000162. The molecule has 2 aromatic rings. The van der Waals surface area contributed by atoms with Gasteiger partial charge in [0.25, 0.3) is 0 Å². The smallest absolute Gasteiger partial charge is 0.600 e. The Morgan fingerprint density at radius 3 is 2.44 bits per heavy atom. The summed E-state index contributed by atoms with van der Waals surface area (Å²) in [4.78, 5) is 0.542. The molecule has 0 aliphatic heterocycles. The molecule has 0 spiro atoms. The van der Waals surface area contributed by atoms with Crippen LogP contribution in [0, 0.1) is 0 Å². The highest BCUT2D eigenvalue weighted by Gasteiger charge is 2.47. The normalized spacial score (nSPS) is 12.6. The van der Waals surface area contributed by atoms with Gasteiger partial charge in [0.15, 0.2) is 9.58 Å². The number of halogens is 4. The zero-order valence-electron chi connectivity index (χ0n) is 9.93. The summed E-state index contributed by atoms with van der Waals surface area (Å²) in [6, 6.07) is 8.56. The molecule has 0 radical (unpaired) electrons. The van der Waals surface area contributed by atoms with E-state index >= 15 is 0 Å². The van der Waals surface area contributed by atoms with Crippen LogP contribution >= 0.6 is 10.5 Å². The van der Waals surface area contributed by atoms with Crippen molar-refractivity contribution in [2.75, 3.05) is 0 Å². The second kappa shape index (κ2) is 5.69. The molecule has 2 rings (SSSR count). The molecule has 0 aliphatic rings. The monoisotopic (exact) mass is 278 g/mol. The topological polar surface area (TPSA) is 0 Å². The Labute approximate surface area is 106 Å². The fourth-order valence-corrected chi connectivity index (χ4v) is 3.96. The van der Waals surface area contributed by atoms with Crippen LogP contribution in [0.1, 0.15) is 24.6 Å². The fraction of sp³-hybridized carbons (Fsp3) is 0.385. The van der Waals surface area contributed by atoms with E-state index in [9.17, 15) is 13.2 Å². The van der Waals surface area contributed by atoms with E-state index in [1.165, 1.54) is 0 Å². The standard InChI is InChI=1S/C13H14F3S.FH/c1-2-3-7-11-9-10-6-4-5-8-12(10)17(11)13(14,15)16;/h4-6,8-9H,2-3,7H2,1H3;1H/q+1;/p-1. The highest BCUT2D eigenvalue weighted by atomic mass is 32.2. The van der Waals surface area contributed by atoms with Crippen molar-refractivity contribution < 1.29 is 17.9 Å². The number of hydrogen-bond acceptors (Lipinski definition) is 0. The molecule has 18 heavy (non-hydrogen) atoms. The minimum absolute atomic E-state index is 0. The lowest BCUT2D eigenvalue weighted by molar-refractivity contribution is -0.0867. The fourth-order valence-electron chi connectivity index (χ4n) is 1.96. The molecule has 0 saturated heterocycles. The van der Waals surface area contributed by atoms with E-state index in [0.717, 1.165) is 18.2 Å². The third-order valence-electron chi connectivity index (χ3n) is 2.73. The third kappa shape index (κ3) is 2.83. The molecular weight excluding hydrogens is 264 g/mol. The van der Waals surface area contributed by atoms with E-state index in [4.69, 9.17) is 0 Å². The van der Waals surface area contributed by atoms with Crippen molar-refractivity contribution in [2.45, 2.75) is 31.7 Å². The van der Waals surface area contributed by atoms with Crippen molar-refractivity contribution in [3.63, 3.8) is 0 Å². The lowest BCUT2D eigenvalue weighted by atomic mass is 10.2. The molecule has 1 unspecified atom stereocenters. The van der Waals surface area contributed by atoms with Crippen LogP contribution in [0.15, 0.2) is 30.3 Å². The van der Waals surface area contributed by atoms with Crippen LogP contribution in [-0.4, -0.2) is 0 Å². The van der Waals surface area contributed by atoms with Crippen LogP contribution in [0.3, 0.4) is 0 Å². The van der Waals surface area contributed by atoms with Crippen molar-refractivity contribution in [3.8, 4) is 0 Å². The summed E-state index contributed by atoms with van der Waals surface area (Å²) in [6.45, 7) is 1.99. The van der Waals surface area contributed by atoms with Crippen LogP contribution in [0.4, 0.5) is 13.2 Å². The quantitative estimate of drug-likeness (QED) is 0.597. The van der Waals surface area contributed by atoms with Gasteiger partial charge >= 0.3 is 5.51 Å². The van der Waals surface area contributed by atoms with E-state index in [-0.39, 0.29) is 4.70 Å². The molecule has 0 N–H and O–H groups in total. The van der Waals surface area contributed by atoms with E-state index in [1.807, 2.05) is 6.92 Å². The average molecular weight is 278 g/mol. The van der Waals surface area contributed by atoms with Crippen molar-refractivity contribution in [1.82, 2.24) is 0 Å². The predicted octanol–water partition coefficient (Wildman–Crippen LogP) is 2.41. The molecule has 5 heteroatoms. The van der Waals surface area contributed by atoms with E-state index < -0.39 is 16.0 Å². The van der Waals surface area contributed by atoms with Crippen LogP contribution in [-0.2, 0) is 11.9 Å². The first-order chi connectivity index (χ1) is 8.04. The van der Waals surface area contributed by atoms with Crippen molar-refractivity contribution in [3.05, 3.63) is 35.2 Å². The van der Waals surface area contributed by atoms with Crippen molar-refractivity contribution >= 4 is 20.6 Å². The summed E-state index contributed by atoms with van der Waals surface area (Å²) in [7, 11) is -1.70. The van der Waals surface area contributed by atoms with E-state index in [0.29, 0.717) is 16.0 Å². The Bertz CT molecular complexity index is 513. The molecule has 0 saturated carbocycles. The molecule has 1 aromatic carbocycles. The van der Waals surface area contributed by atoms with Crippen LogP contribution in [0.2, 0.25) is 0 Å². The third-order valence-corrected chi connectivity index (χ3v) is 4.85. The highest BCUT2D eigenvalue weighted by molar-refractivity contribution is 7.38. The lowest BCUT2D eigenvalue weighted by Gasteiger charge is -1.99. The van der Waals surface area contributed by atoms with Crippen LogP contribution in [0.25, 0.3) is 10.1 Å². The molecule has 0 nitrogen and oxygen atoms in total. The molecule has 0 aliphatic carbocycles. The number of aryl methyl sites for hydroxylation is 1. The van der Waals surface area contributed by atoms with Crippen LogP contribution in [0.5, 0.6) is 0 Å². The molecule has 0 bridgehead atoms. The number of hydrogen-bond donors (Lipinski definition) is 0. The maximum atomic E-state index is 13.1. The second-order valence-electron chi connectivity index (χ2n) is 4.00. The zero-order valence-corrected chi connectivity index (χ0v) is 10.7. The first kappa shape index (κ1) is 15.0. The first-order valence-corrected chi connectivity index (χ1v) is 6.87. The summed E-state index contributed by atoms with van der Waals surface area (Å²) in [5.74, 6) is 0. The maximum absolute atomic E-state index is 13.1. The summed E-state index contributed by atoms with van der Waals surface area (Å²) in [5.41, 5.74) is -4.15. The van der Waals surface area contributed by atoms with Crippen molar-refractivity contribution in [1.29, 1.82) is 0 Å². The largest absolute Gasteiger partial charge is 1.00 e. The lowest BCUT2D eigenvalue weighted by Crippen LogP contribution is -3.00. The van der Waals surface area contributed by atoms with Gasteiger partial charge in [-0.2, -0.15) is 0 Å². The number of thiophene rings is 1. The molecule has 1 atom stereocenters. The van der Waals surface area contributed by atoms with Gasteiger partial charge in [-0.3, -0.25) is 0 Å². The Morgan fingerprint density at radius 1 is 1.17 bits per heavy atom. The Morgan fingerprint density at radius 2 is 1.83 bits per heavy atom. The molecule has 0 fully saturated rings. The Kier molecular flexibility index (Phi) is 4.73. The second-order valence-corrected chi connectivity index (χ2v) is 6.04. The van der Waals surface area contributed by atoms with E-state index in [2.05, 4.69) is 0 Å². The number of benzene rings is 1. The van der Waals surface area contributed by atoms with Crippen LogP contribution < -0.4 is 4.70 Å². The zero-order chi connectivity index (χ0) is 12.5. The SMILES string of the molecule is CCCCc1cc2ccccc2[s+]1C(F)(F)F.[F-]. The van der Waals surface area contributed by atoms with Crippen molar-refractivity contribution in [2.24, 2.45) is 0 Å². The first-order valence-electron chi connectivity index (χ1n) is 5.64. The maximum Gasteiger partial charge on any atom is 0.600 e. The minimum Gasteiger partial charge on any atom is -1.00 e. The van der Waals surface area contributed by atoms with Gasteiger partial charge in [0, 0.05) is 17.9 Å². The molecule has 0 amide bonds. The summed E-state index contributed by atoms with van der Waals surface area (Å²) in [6.07, 6.45) is 2.29. The average Bonchev–Trinajstić information content (AvgIpc) is 2.63. The predicted molar refractivity (Wildman–Crippen MR) is 66.3 cm³/mol. The van der Waals surface area contributed by atoms with Gasteiger partial charge in [-0.1, -0.05) is 25.5 Å². The molecular formula is C13H14F4S. The highest BCUT2D eigenvalue weighted by Crippen LogP contribution is 2.51. The number of fused-ring (bicyclic) bond motifs is 1. The number of rotatable bonds is 3. The molecule has 1 heterocycles. The van der Waals surface area contributed by atoms with Gasteiger partial charge in [-0.25, -0.2) is 0 Å².